The van der Waals surface area contributed by atoms with Crippen LogP contribution in [0.4, 0.5) is 0 Å². The number of hydrogen-bond acceptors (Lipinski definition) is 2. The molecule has 20 heavy (non-hydrogen) atoms. The standard InChI is InChI=1S/C17H20BrNS/c18-15-9-7-13(8-10-15)12-19-17(14-4-1-2-5-14)16-6-3-11-20-16/h3,6-11,14,17,19H,1-2,4-5,12H2. The van der Waals surface area contributed by atoms with Gasteiger partial charge in [-0.1, -0.05) is 47.0 Å². The van der Waals surface area contributed by atoms with Crippen molar-refractivity contribution in [1.82, 2.24) is 5.32 Å². The number of hydrogen-bond donors (Lipinski definition) is 1. The van der Waals surface area contributed by atoms with Crippen molar-refractivity contribution in [3.05, 3.63) is 56.7 Å². The molecule has 0 aliphatic heterocycles. The minimum atomic E-state index is 0.529. The second-order valence-electron chi connectivity index (χ2n) is 5.54. The number of rotatable bonds is 5. The third-order valence-electron chi connectivity index (χ3n) is 4.16. The van der Waals surface area contributed by atoms with Crippen LogP contribution in [-0.4, -0.2) is 0 Å². The fraction of sp³-hybridized carbons (Fsp3) is 0.412. The van der Waals surface area contributed by atoms with Gasteiger partial charge in [-0.05, 0) is 47.9 Å². The van der Waals surface area contributed by atoms with Gasteiger partial charge in [-0.3, -0.25) is 0 Å². The lowest BCUT2D eigenvalue weighted by Gasteiger charge is -2.24. The maximum atomic E-state index is 3.79. The van der Waals surface area contributed by atoms with Gasteiger partial charge in [0.1, 0.15) is 0 Å². The van der Waals surface area contributed by atoms with Gasteiger partial charge in [0.05, 0.1) is 0 Å². The van der Waals surface area contributed by atoms with E-state index in [1.165, 1.54) is 36.1 Å². The average molecular weight is 350 g/mol. The molecule has 1 aromatic carbocycles. The van der Waals surface area contributed by atoms with Gasteiger partial charge in [-0.25, -0.2) is 0 Å². The molecule has 1 unspecified atom stereocenters. The van der Waals surface area contributed by atoms with Crippen LogP contribution in [0, 0.1) is 5.92 Å². The van der Waals surface area contributed by atoms with E-state index in [1.54, 1.807) is 0 Å². The molecular formula is C17H20BrNS. The Bertz CT molecular complexity index is 514. The highest BCUT2D eigenvalue weighted by Gasteiger charge is 2.26. The van der Waals surface area contributed by atoms with Crippen molar-refractivity contribution in [3.8, 4) is 0 Å². The van der Waals surface area contributed by atoms with Crippen molar-refractivity contribution >= 4 is 27.3 Å². The van der Waals surface area contributed by atoms with E-state index < -0.39 is 0 Å². The molecule has 1 nitrogen and oxygen atoms in total. The summed E-state index contributed by atoms with van der Waals surface area (Å²) in [6, 6.07) is 13.6. The Kier molecular flexibility index (Phi) is 4.92. The van der Waals surface area contributed by atoms with Crippen LogP contribution in [0.2, 0.25) is 0 Å². The third kappa shape index (κ3) is 3.51. The number of thiophene rings is 1. The van der Waals surface area contributed by atoms with Gasteiger partial charge in [0, 0.05) is 21.9 Å². The normalized spacial score (nSPS) is 17.4. The van der Waals surface area contributed by atoms with Gasteiger partial charge in [-0.2, -0.15) is 0 Å². The molecule has 1 heterocycles. The lowest BCUT2D eigenvalue weighted by atomic mass is 9.96. The molecule has 1 fully saturated rings. The maximum Gasteiger partial charge on any atom is 0.0446 e. The van der Waals surface area contributed by atoms with E-state index in [0.29, 0.717) is 6.04 Å². The molecule has 1 aromatic heterocycles. The summed E-state index contributed by atoms with van der Waals surface area (Å²) in [5, 5.41) is 5.99. The van der Waals surface area contributed by atoms with Gasteiger partial charge < -0.3 is 5.32 Å². The molecule has 0 bridgehead atoms. The van der Waals surface area contributed by atoms with Crippen LogP contribution in [0.3, 0.4) is 0 Å². The minimum Gasteiger partial charge on any atom is -0.305 e. The van der Waals surface area contributed by atoms with Gasteiger partial charge in [0.15, 0.2) is 0 Å². The molecule has 2 aromatic rings. The topological polar surface area (TPSA) is 12.0 Å². The van der Waals surface area contributed by atoms with E-state index >= 15 is 0 Å². The van der Waals surface area contributed by atoms with E-state index in [-0.39, 0.29) is 0 Å². The first-order valence-electron chi connectivity index (χ1n) is 7.34. The largest absolute Gasteiger partial charge is 0.305 e. The van der Waals surface area contributed by atoms with Crippen LogP contribution in [-0.2, 0) is 6.54 Å². The molecule has 106 valence electrons. The summed E-state index contributed by atoms with van der Waals surface area (Å²) in [6.45, 7) is 0.951. The Morgan fingerprint density at radius 3 is 2.55 bits per heavy atom. The summed E-state index contributed by atoms with van der Waals surface area (Å²) in [5.41, 5.74) is 1.35. The highest BCUT2D eigenvalue weighted by atomic mass is 79.9. The van der Waals surface area contributed by atoms with Crippen molar-refractivity contribution < 1.29 is 0 Å². The summed E-state index contributed by atoms with van der Waals surface area (Å²) in [7, 11) is 0. The Labute approximate surface area is 133 Å². The van der Waals surface area contributed by atoms with Crippen molar-refractivity contribution in [2.45, 2.75) is 38.3 Å². The van der Waals surface area contributed by atoms with E-state index in [0.717, 1.165) is 16.9 Å². The SMILES string of the molecule is Brc1ccc(CNC(c2cccs2)C2CCCC2)cc1. The summed E-state index contributed by atoms with van der Waals surface area (Å²) in [6.07, 6.45) is 5.53. The Morgan fingerprint density at radius 1 is 1.15 bits per heavy atom. The maximum absolute atomic E-state index is 3.79. The smallest absolute Gasteiger partial charge is 0.0446 e. The highest BCUT2D eigenvalue weighted by molar-refractivity contribution is 9.10. The summed E-state index contributed by atoms with van der Waals surface area (Å²) >= 11 is 5.38. The molecule has 3 rings (SSSR count). The average Bonchev–Trinajstić information content (AvgIpc) is 3.14. The summed E-state index contributed by atoms with van der Waals surface area (Å²) < 4.78 is 1.15. The zero-order valence-electron chi connectivity index (χ0n) is 11.5. The second kappa shape index (κ2) is 6.88. The molecule has 1 saturated carbocycles. The van der Waals surface area contributed by atoms with E-state index in [2.05, 4.69) is 63.0 Å². The fourth-order valence-electron chi connectivity index (χ4n) is 3.09. The van der Waals surface area contributed by atoms with Crippen LogP contribution in [0.1, 0.15) is 42.2 Å². The lowest BCUT2D eigenvalue weighted by molar-refractivity contribution is 0.371. The quantitative estimate of drug-likeness (QED) is 0.747. The number of benzene rings is 1. The zero-order chi connectivity index (χ0) is 13.8. The first-order valence-corrected chi connectivity index (χ1v) is 9.01. The molecule has 0 saturated heterocycles. The second-order valence-corrected chi connectivity index (χ2v) is 7.44. The number of nitrogens with one attached hydrogen (secondary N) is 1. The molecule has 0 spiro atoms. The highest BCUT2D eigenvalue weighted by Crippen LogP contribution is 2.37. The van der Waals surface area contributed by atoms with Gasteiger partial charge in [0.25, 0.3) is 0 Å². The summed E-state index contributed by atoms with van der Waals surface area (Å²) in [5.74, 6) is 0.809. The van der Waals surface area contributed by atoms with Gasteiger partial charge in [-0.15, -0.1) is 11.3 Å². The van der Waals surface area contributed by atoms with Crippen LogP contribution < -0.4 is 5.32 Å². The fourth-order valence-corrected chi connectivity index (χ4v) is 4.25. The Morgan fingerprint density at radius 2 is 1.90 bits per heavy atom. The van der Waals surface area contributed by atoms with Crippen molar-refractivity contribution in [3.63, 3.8) is 0 Å². The predicted octanol–water partition coefficient (Wildman–Crippen LogP) is 5.53. The molecule has 1 aliphatic carbocycles. The molecule has 1 aliphatic rings. The van der Waals surface area contributed by atoms with Crippen LogP contribution in [0.15, 0.2) is 46.3 Å². The van der Waals surface area contributed by atoms with Crippen molar-refractivity contribution in [2.75, 3.05) is 0 Å². The van der Waals surface area contributed by atoms with E-state index in [9.17, 15) is 0 Å². The number of halogens is 1. The first kappa shape index (κ1) is 14.3. The molecule has 1 atom stereocenters. The van der Waals surface area contributed by atoms with E-state index in [4.69, 9.17) is 0 Å². The van der Waals surface area contributed by atoms with Crippen LogP contribution >= 0.6 is 27.3 Å². The zero-order valence-corrected chi connectivity index (χ0v) is 13.9. The molecule has 1 N–H and O–H groups in total. The van der Waals surface area contributed by atoms with Crippen molar-refractivity contribution in [2.24, 2.45) is 5.92 Å². The Balaban J connectivity index is 1.68. The first-order chi connectivity index (χ1) is 9.83. The van der Waals surface area contributed by atoms with Crippen LogP contribution in [0.5, 0.6) is 0 Å². The lowest BCUT2D eigenvalue weighted by Crippen LogP contribution is -2.26. The van der Waals surface area contributed by atoms with E-state index in [1.807, 2.05) is 11.3 Å². The van der Waals surface area contributed by atoms with Gasteiger partial charge in [0.2, 0.25) is 0 Å². The van der Waals surface area contributed by atoms with Crippen molar-refractivity contribution in [1.29, 1.82) is 0 Å². The minimum absolute atomic E-state index is 0.529. The van der Waals surface area contributed by atoms with Crippen LogP contribution in [0.25, 0.3) is 0 Å². The monoisotopic (exact) mass is 349 g/mol. The predicted molar refractivity (Wildman–Crippen MR) is 90.0 cm³/mol. The Hall–Kier alpha value is -0.640. The molecule has 0 radical (unpaired) electrons. The summed E-state index contributed by atoms with van der Waals surface area (Å²) in [4.78, 5) is 1.49. The molecule has 3 heteroatoms. The molecule has 0 amide bonds. The molecular weight excluding hydrogens is 330 g/mol. The van der Waals surface area contributed by atoms with Gasteiger partial charge >= 0.3 is 0 Å². The third-order valence-corrected chi connectivity index (χ3v) is 5.64.